The van der Waals surface area contributed by atoms with Crippen LogP contribution in [0.4, 0.5) is 0 Å². The number of hydrogen-bond acceptors (Lipinski definition) is 4. The Morgan fingerprint density at radius 2 is 1.97 bits per heavy atom. The van der Waals surface area contributed by atoms with Gasteiger partial charge in [-0.15, -0.1) is 0 Å². The maximum Gasteiger partial charge on any atom is 0.224 e. The Labute approximate surface area is 206 Å². The van der Waals surface area contributed by atoms with Crippen molar-refractivity contribution in [2.24, 2.45) is 5.92 Å². The average Bonchev–Trinajstić information content (AvgIpc) is 2.79. The highest BCUT2D eigenvalue weighted by atomic mass is 35.5. The zero-order chi connectivity index (χ0) is 24.2. The number of halogens is 2. The lowest BCUT2D eigenvalue weighted by Crippen LogP contribution is -2.46. The smallest absolute Gasteiger partial charge is 0.224 e. The standard InChI is InChI=1S/C24H30Cl2N2O4S/c1-4-22(18-8-10-23(32-3)16(2)12-18)27-24(29)19-6-5-11-28(14-19)33(30,31)15-17-7-9-20(25)21(26)13-17/h7-10,12-13,19,22H,4-6,11,14-15H2,1-3H3,(H,27,29)/t19-,22+/m0/s1. The van der Waals surface area contributed by atoms with Gasteiger partial charge in [-0.05, 0) is 61.1 Å². The van der Waals surface area contributed by atoms with Gasteiger partial charge in [-0.25, -0.2) is 12.7 Å². The molecule has 1 aliphatic heterocycles. The number of ether oxygens (including phenoxy) is 1. The fourth-order valence-corrected chi connectivity index (χ4v) is 6.09. The molecule has 1 saturated heterocycles. The number of carbonyl (C=O) groups is 1. The van der Waals surface area contributed by atoms with Gasteiger partial charge in [-0.2, -0.15) is 0 Å². The van der Waals surface area contributed by atoms with Gasteiger partial charge in [0.2, 0.25) is 15.9 Å². The molecule has 1 aliphatic rings. The lowest BCUT2D eigenvalue weighted by atomic mass is 9.96. The summed E-state index contributed by atoms with van der Waals surface area (Å²) in [7, 11) is -1.96. The summed E-state index contributed by atoms with van der Waals surface area (Å²) >= 11 is 12.0. The summed E-state index contributed by atoms with van der Waals surface area (Å²) in [5.74, 6) is 0.108. The zero-order valence-electron chi connectivity index (χ0n) is 19.1. The van der Waals surface area contributed by atoms with Crippen molar-refractivity contribution in [3.63, 3.8) is 0 Å². The monoisotopic (exact) mass is 512 g/mol. The number of benzene rings is 2. The van der Waals surface area contributed by atoms with E-state index in [1.165, 1.54) is 4.31 Å². The first-order valence-electron chi connectivity index (χ1n) is 11.0. The van der Waals surface area contributed by atoms with Crippen molar-refractivity contribution < 1.29 is 17.9 Å². The molecule has 2 atom stereocenters. The molecule has 0 bridgehead atoms. The Morgan fingerprint density at radius 3 is 2.61 bits per heavy atom. The van der Waals surface area contributed by atoms with Crippen molar-refractivity contribution in [3.05, 3.63) is 63.1 Å². The second kappa shape index (κ2) is 11.1. The quantitative estimate of drug-likeness (QED) is 0.532. The molecule has 3 rings (SSSR count). The highest BCUT2D eigenvalue weighted by molar-refractivity contribution is 7.88. The first-order valence-corrected chi connectivity index (χ1v) is 13.4. The second-order valence-electron chi connectivity index (χ2n) is 8.40. The minimum absolute atomic E-state index is 0.121. The van der Waals surface area contributed by atoms with Crippen molar-refractivity contribution >= 4 is 39.1 Å². The maximum absolute atomic E-state index is 13.1. The van der Waals surface area contributed by atoms with E-state index in [4.69, 9.17) is 27.9 Å². The van der Waals surface area contributed by atoms with Gasteiger partial charge in [0.1, 0.15) is 5.75 Å². The Kier molecular flexibility index (Phi) is 8.67. The molecule has 9 heteroatoms. The van der Waals surface area contributed by atoms with Crippen LogP contribution in [-0.4, -0.2) is 38.8 Å². The molecule has 33 heavy (non-hydrogen) atoms. The summed E-state index contributed by atoms with van der Waals surface area (Å²) in [6.45, 7) is 4.56. The molecule has 0 aliphatic carbocycles. The van der Waals surface area contributed by atoms with E-state index < -0.39 is 15.9 Å². The van der Waals surface area contributed by atoms with Gasteiger partial charge in [-0.1, -0.05) is 48.3 Å². The predicted octanol–water partition coefficient (Wildman–Crippen LogP) is 5.12. The normalized spacial score (nSPS) is 18.0. The van der Waals surface area contributed by atoms with Crippen LogP contribution in [0, 0.1) is 12.8 Å². The molecule has 1 heterocycles. The van der Waals surface area contributed by atoms with Gasteiger partial charge in [0.25, 0.3) is 0 Å². The van der Waals surface area contributed by atoms with E-state index in [-0.39, 0.29) is 24.2 Å². The maximum atomic E-state index is 13.1. The number of sulfonamides is 1. The number of nitrogens with one attached hydrogen (secondary N) is 1. The van der Waals surface area contributed by atoms with Crippen molar-refractivity contribution in [2.75, 3.05) is 20.2 Å². The molecule has 1 amide bonds. The number of hydrogen-bond donors (Lipinski definition) is 1. The third kappa shape index (κ3) is 6.41. The third-order valence-corrected chi connectivity index (χ3v) is 8.58. The van der Waals surface area contributed by atoms with E-state index in [1.54, 1.807) is 25.3 Å². The van der Waals surface area contributed by atoms with E-state index in [9.17, 15) is 13.2 Å². The molecule has 0 unspecified atom stereocenters. The third-order valence-electron chi connectivity index (χ3n) is 6.03. The molecular formula is C24H30Cl2N2O4S. The van der Waals surface area contributed by atoms with Crippen LogP contribution in [0.25, 0.3) is 0 Å². The molecule has 6 nitrogen and oxygen atoms in total. The molecule has 180 valence electrons. The largest absolute Gasteiger partial charge is 0.496 e. The second-order valence-corrected chi connectivity index (χ2v) is 11.2. The Morgan fingerprint density at radius 1 is 1.21 bits per heavy atom. The Bertz CT molecular complexity index is 1110. The van der Waals surface area contributed by atoms with Crippen LogP contribution in [0.1, 0.15) is 48.9 Å². The molecule has 0 saturated carbocycles. The number of carbonyl (C=O) groups excluding carboxylic acids is 1. The highest BCUT2D eigenvalue weighted by Gasteiger charge is 2.33. The lowest BCUT2D eigenvalue weighted by Gasteiger charge is -2.32. The first-order chi connectivity index (χ1) is 15.6. The van der Waals surface area contributed by atoms with E-state index in [1.807, 2.05) is 32.0 Å². The average molecular weight is 513 g/mol. The van der Waals surface area contributed by atoms with Crippen molar-refractivity contribution in [1.29, 1.82) is 0 Å². The molecule has 0 aromatic heterocycles. The van der Waals surface area contributed by atoms with E-state index >= 15 is 0 Å². The minimum atomic E-state index is -3.59. The van der Waals surface area contributed by atoms with Crippen molar-refractivity contribution in [1.82, 2.24) is 9.62 Å². The van der Waals surface area contributed by atoms with Gasteiger partial charge in [0.15, 0.2) is 0 Å². The number of nitrogens with zero attached hydrogens (tertiary/aromatic N) is 1. The molecule has 2 aromatic carbocycles. The number of rotatable bonds is 8. The van der Waals surface area contributed by atoms with Crippen molar-refractivity contribution in [2.45, 2.75) is 44.9 Å². The van der Waals surface area contributed by atoms with Gasteiger partial charge in [0, 0.05) is 13.1 Å². The van der Waals surface area contributed by atoms with Crippen LogP contribution in [0.2, 0.25) is 10.0 Å². The Hall–Kier alpha value is -1.80. The van der Waals surface area contributed by atoms with Crippen LogP contribution >= 0.6 is 23.2 Å². The van der Waals surface area contributed by atoms with Gasteiger partial charge < -0.3 is 10.1 Å². The number of piperidine rings is 1. The van der Waals surface area contributed by atoms with Gasteiger partial charge in [0.05, 0.1) is 34.9 Å². The molecule has 1 N–H and O–H groups in total. The van der Waals surface area contributed by atoms with Gasteiger partial charge >= 0.3 is 0 Å². The summed E-state index contributed by atoms with van der Waals surface area (Å²) in [4.78, 5) is 13.1. The first kappa shape index (κ1) is 25.8. The molecule has 0 spiro atoms. The highest BCUT2D eigenvalue weighted by Crippen LogP contribution is 2.28. The lowest BCUT2D eigenvalue weighted by molar-refractivity contribution is -0.126. The van der Waals surface area contributed by atoms with Crippen LogP contribution < -0.4 is 10.1 Å². The van der Waals surface area contributed by atoms with Gasteiger partial charge in [-0.3, -0.25) is 4.79 Å². The van der Waals surface area contributed by atoms with E-state index in [0.29, 0.717) is 35.0 Å². The Balaban J connectivity index is 1.67. The van der Waals surface area contributed by atoms with Crippen LogP contribution in [-0.2, 0) is 20.6 Å². The molecule has 2 aromatic rings. The molecule has 0 radical (unpaired) electrons. The minimum Gasteiger partial charge on any atom is -0.496 e. The summed E-state index contributed by atoms with van der Waals surface area (Å²) < 4.78 is 32.8. The summed E-state index contributed by atoms with van der Waals surface area (Å²) in [6.07, 6.45) is 2.02. The number of methoxy groups -OCH3 is 1. The number of amides is 1. The molecular weight excluding hydrogens is 483 g/mol. The van der Waals surface area contributed by atoms with Crippen LogP contribution in [0.15, 0.2) is 36.4 Å². The van der Waals surface area contributed by atoms with Crippen LogP contribution in [0.5, 0.6) is 5.75 Å². The zero-order valence-corrected chi connectivity index (χ0v) is 21.4. The number of aryl methyl sites for hydroxylation is 1. The fraction of sp³-hybridized carbons (Fsp3) is 0.458. The fourth-order valence-electron chi connectivity index (χ4n) is 4.17. The SMILES string of the molecule is CC[C@@H](NC(=O)[C@H]1CCCN(S(=O)(=O)Cc2ccc(Cl)c(Cl)c2)C1)c1ccc(OC)c(C)c1. The van der Waals surface area contributed by atoms with E-state index in [0.717, 1.165) is 23.3 Å². The summed E-state index contributed by atoms with van der Waals surface area (Å²) in [5, 5.41) is 3.82. The topological polar surface area (TPSA) is 75.7 Å². The molecule has 1 fully saturated rings. The predicted molar refractivity (Wildman–Crippen MR) is 132 cm³/mol. The van der Waals surface area contributed by atoms with Crippen molar-refractivity contribution in [3.8, 4) is 5.75 Å². The summed E-state index contributed by atoms with van der Waals surface area (Å²) in [5.41, 5.74) is 2.57. The van der Waals surface area contributed by atoms with Crippen LogP contribution in [0.3, 0.4) is 0 Å². The van der Waals surface area contributed by atoms with E-state index in [2.05, 4.69) is 5.32 Å². The summed E-state index contributed by atoms with van der Waals surface area (Å²) in [6, 6.07) is 10.5.